The highest BCUT2D eigenvalue weighted by Crippen LogP contribution is 2.40. The van der Waals surface area contributed by atoms with E-state index < -0.39 is 0 Å². The average Bonchev–Trinajstić information content (AvgIpc) is 3.59. The molecule has 0 bridgehead atoms. The largest absolute Gasteiger partial charge is 0.354 e. The minimum atomic E-state index is -0.282. The van der Waals surface area contributed by atoms with Gasteiger partial charge >= 0.3 is 0 Å². The second-order valence-corrected chi connectivity index (χ2v) is 9.51. The summed E-state index contributed by atoms with van der Waals surface area (Å²) >= 11 is 0. The molecule has 37 heavy (non-hydrogen) atoms. The van der Waals surface area contributed by atoms with Crippen LogP contribution in [0.15, 0.2) is 67.0 Å². The lowest BCUT2D eigenvalue weighted by Crippen LogP contribution is -2.14. The van der Waals surface area contributed by atoms with Gasteiger partial charge in [-0.25, -0.2) is 23.7 Å². The molecule has 6 nitrogen and oxygen atoms in total. The van der Waals surface area contributed by atoms with Crippen LogP contribution < -0.4 is 5.32 Å². The van der Waals surface area contributed by atoms with Gasteiger partial charge in [0.25, 0.3) is 0 Å². The Hall–Kier alpha value is -4.07. The van der Waals surface area contributed by atoms with E-state index in [1.807, 2.05) is 24.4 Å². The summed E-state index contributed by atoms with van der Waals surface area (Å²) in [5, 5.41) is 4.20. The van der Waals surface area contributed by atoms with Crippen molar-refractivity contribution in [1.29, 1.82) is 0 Å². The highest BCUT2D eigenvalue weighted by Gasteiger charge is 2.31. The Kier molecular flexibility index (Phi) is 6.16. The summed E-state index contributed by atoms with van der Waals surface area (Å²) < 4.78 is 31.9. The number of aromatic nitrogens is 5. The molecule has 3 aromatic heterocycles. The van der Waals surface area contributed by atoms with Crippen LogP contribution in [0.4, 0.5) is 14.7 Å². The van der Waals surface area contributed by atoms with Crippen molar-refractivity contribution in [1.82, 2.24) is 24.1 Å². The van der Waals surface area contributed by atoms with Gasteiger partial charge < -0.3 is 14.5 Å². The summed E-state index contributed by atoms with van der Waals surface area (Å²) in [4.78, 5) is 14.3. The molecule has 0 amide bonds. The Balaban J connectivity index is 1.43. The summed E-state index contributed by atoms with van der Waals surface area (Å²) in [6, 6.07) is 15.3. The first-order valence-corrected chi connectivity index (χ1v) is 12.8. The van der Waals surface area contributed by atoms with Gasteiger partial charge in [-0.2, -0.15) is 0 Å². The quantitative estimate of drug-likeness (QED) is 0.244. The molecule has 1 N–H and O–H groups in total. The lowest BCUT2D eigenvalue weighted by Gasteiger charge is -2.19. The van der Waals surface area contributed by atoms with Crippen molar-refractivity contribution in [3.8, 4) is 22.6 Å². The molecule has 0 radical (unpaired) electrons. The van der Waals surface area contributed by atoms with E-state index in [-0.39, 0.29) is 17.7 Å². The summed E-state index contributed by atoms with van der Waals surface area (Å²) in [6.07, 6.45) is 7.67. The van der Waals surface area contributed by atoms with E-state index in [1.54, 1.807) is 24.4 Å². The summed E-state index contributed by atoms with van der Waals surface area (Å²) in [5.74, 6) is 1.05. The van der Waals surface area contributed by atoms with Crippen LogP contribution in [0.25, 0.3) is 33.5 Å². The number of benzene rings is 2. The minimum Gasteiger partial charge on any atom is -0.354 e. The number of unbranched alkanes of at least 4 members (excludes halogenated alkanes) is 1. The van der Waals surface area contributed by atoms with E-state index in [0.717, 1.165) is 78.1 Å². The van der Waals surface area contributed by atoms with E-state index in [0.29, 0.717) is 5.95 Å². The highest BCUT2D eigenvalue weighted by molar-refractivity contribution is 5.80. The number of fused-ring (bicyclic) bond motifs is 2. The molecule has 0 saturated heterocycles. The molecule has 6 rings (SSSR count). The van der Waals surface area contributed by atoms with Crippen LogP contribution >= 0.6 is 0 Å². The van der Waals surface area contributed by atoms with E-state index >= 15 is 0 Å². The van der Waals surface area contributed by atoms with Crippen LogP contribution in [-0.2, 0) is 13.0 Å². The normalized spacial score (nSPS) is 14.8. The van der Waals surface area contributed by atoms with Gasteiger partial charge in [0.1, 0.15) is 17.5 Å². The number of nitrogens with one attached hydrogen (secondary N) is 1. The van der Waals surface area contributed by atoms with Gasteiger partial charge in [-0.05, 0) is 67.4 Å². The first-order valence-electron chi connectivity index (χ1n) is 12.8. The number of aryl methyl sites for hydroxylation is 1. The third-order valence-corrected chi connectivity index (χ3v) is 7.02. The zero-order chi connectivity index (χ0) is 25.4. The van der Waals surface area contributed by atoms with E-state index in [9.17, 15) is 8.78 Å². The van der Waals surface area contributed by atoms with Crippen molar-refractivity contribution in [2.45, 2.75) is 45.2 Å². The maximum atomic E-state index is 13.7. The SMILES string of the molecule is CCCCNc1nccc(-c2c(-c3ccc(F)cc3)nc3n2C(Cn2ccc4cc(F)ccc42)CC3)n1. The lowest BCUT2D eigenvalue weighted by atomic mass is 10.1. The number of imidazole rings is 1. The van der Waals surface area contributed by atoms with E-state index in [1.165, 1.54) is 18.2 Å². The molecule has 1 unspecified atom stereocenters. The Morgan fingerprint density at radius 2 is 1.84 bits per heavy atom. The fourth-order valence-corrected chi connectivity index (χ4v) is 5.21. The molecule has 2 aromatic carbocycles. The molecule has 0 aliphatic carbocycles. The molecule has 1 aliphatic rings. The first kappa shape index (κ1) is 23.3. The van der Waals surface area contributed by atoms with Gasteiger partial charge in [0.05, 0.1) is 23.1 Å². The van der Waals surface area contributed by atoms with Crippen LogP contribution in [0.1, 0.15) is 38.1 Å². The maximum absolute atomic E-state index is 13.7. The third kappa shape index (κ3) is 4.48. The second-order valence-electron chi connectivity index (χ2n) is 9.51. The second kappa shape index (κ2) is 9.76. The molecule has 188 valence electrons. The summed E-state index contributed by atoms with van der Waals surface area (Å²) in [5.41, 5.74) is 4.32. The predicted molar refractivity (Wildman–Crippen MR) is 141 cm³/mol. The Bertz CT molecular complexity index is 1550. The molecule has 1 aliphatic heterocycles. The number of hydrogen-bond donors (Lipinski definition) is 1. The minimum absolute atomic E-state index is 0.138. The molecule has 0 spiro atoms. The van der Waals surface area contributed by atoms with Crippen molar-refractivity contribution in [3.63, 3.8) is 0 Å². The smallest absolute Gasteiger partial charge is 0.223 e. The van der Waals surface area contributed by atoms with E-state index in [4.69, 9.17) is 9.97 Å². The Morgan fingerprint density at radius 1 is 1.00 bits per heavy atom. The molecule has 5 aromatic rings. The number of nitrogens with zero attached hydrogens (tertiary/aromatic N) is 5. The average molecular weight is 499 g/mol. The van der Waals surface area contributed by atoms with Gasteiger partial charge in [-0.1, -0.05) is 13.3 Å². The molecule has 4 heterocycles. The fraction of sp³-hybridized carbons (Fsp3) is 0.276. The number of hydrogen-bond acceptors (Lipinski definition) is 4. The molecule has 8 heteroatoms. The number of halogens is 2. The fourth-order valence-electron chi connectivity index (χ4n) is 5.21. The zero-order valence-corrected chi connectivity index (χ0v) is 20.7. The van der Waals surface area contributed by atoms with Crippen LogP contribution in [0, 0.1) is 11.6 Å². The topological polar surface area (TPSA) is 60.6 Å². The molecular formula is C29H28F2N6. The van der Waals surface area contributed by atoms with Gasteiger partial charge in [0.15, 0.2) is 0 Å². The van der Waals surface area contributed by atoms with Gasteiger partial charge in [-0.3, -0.25) is 0 Å². The number of anilines is 1. The van der Waals surface area contributed by atoms with Crippen LogP contribution in [0.5, 0.6) is 0 Å². The van der Waals surface area contributed by atoms with Crippen molar-refractivity contribution < 1.29 is 8.78 Å². The predicted octanol–water partition coefficient (Wildman–Crippen LogP) is 6.64. The van der Waals surface area contributed by atoms with Crippen molar-refractivity contribution in [2.24, 2.45) is 0 Å². The van der Waals surface area contributed by atoms with Crippen LogP contribution in [0.3, 0.4) is 0 Å². The first-order chi connectivity index (χ1) is 18.1. The van der Waals surface area contributed by atoms with Gasteiger partial charge in [-0.15, -0.1) is 0 Å². The molecule has 0 saturated carbocycles. The van der Waals surface area contributed by atoms with Crippen molar-refractivity contribution in [2.75, 3.05) is 11.9 Å². The van der Waals surface area contributed by atoms with Crippen molar-refractivity contribution >= 4 is 16.9 Å². The molecule has 0 fully saturated rings. The molecule has 1 atom stereocenters. The Labute approximate surface area is 214 Å². The van der Waals surface area contributed by atoms with Crippen LogP contribution in [-0.4, -0.2) is 30.6 Å². The Morgan fingerprint density at radius 3 is 2.68 bits per heavy atom. The standard InChI is InChI=1S/C29H28F2N6/c1-2-3-14-32-29-33-15-12-24(34-29)28-27(19-4-6-21(30)7-5-19)35-26-11-9-23(37(26)28)18-36-16-13-20-17-22(31)8-10-25(20)36/h4-8,10,12-13,15-17,23H,2-3,9,11,14,18H2,1H3,(H,32,33,34). The summed E-state index contributed by atoms with van der Waals surface area (Å²) in [7, 11) is 0. The zero-order valence-electron chi connectivity index (χ0n) is 20.7. The number of rotatable bonds is 8. The third-order valence-electron chi connectivity index (χ3n) is 7.02. The van der Waals surface area contributed by atoms with E-state index in [2.05, 4.69) is 26.4 Å². The van der Waals surface area contributed by atoms with Gasteiger partial charge in [0, 0.05) is 48.4 Å². The maximum Gasteiger partial charge on any atom is 0.223 e. The monoisotopic (exact) mass is 498 g/mol. The summed E-state index contributed by atoms with van der Waals surface area (Å²) in [6.45, 7) is 3.67. The van der Waals surface area contributed by atoms with Crippen molar-refractivity contribution in [3.05, 3.63) is 84.4 Å². The highest BCUT2D eigenvalue weighted by atomic mass is 19.1. The lowest BCUT2D eigenvalue weighted by molar-refractivity contribution is 0.459. The van der Waals surface area contributed by atoms with Crippen LogP contribution in [0.2, 0.25) is 0 Å². The molecular weight excluding hydrogens is 470 g/mol. The van der Waals surface area contributed by atoms with Gasteiger partial charge in [0.2, 0.25) is 5.95 Å².